The van der Waals surface area contributed by atoms with Gasteiger partial charge in [0.2, 0.25) is 5.91 Å². The Hall–Kier alpha value is -2.14. The van der Waals surface area contributed by atoms with Gasteiger partial charge in [0.1, 0.15) is 0 Å². The Labute approximate surface area is 145 Å². The van der Waals surface area contributed by atoms with Crippen LogP contribution in [0.3, 0.4) is 0 Å². The predicted molar refractivity (Wildman–Crippen MR) is 95.0 cm³/mol. The molecule has 4 rings (SSSR count). The molecule has 0 bridgehead atoms. The van der Waals surface area contributed by atoms with Gasteiger partial charge in [-0.3, -0.25) is 9.59 Å². The summed E-state index contributed by atoms with van der Waals surface area (Å²) in [7, 11) is 0. The summed E-state index contributed by atoms with van der Waals surface area (Å²) < 4.78 is 0. The highest BCUT2D eigenvalue weighted by molar-refractivity contribution is 7.17. The molecule has 0 atom stereocenters. The fourth-order valence-corrected chi connectivity index (χ4v) is 4.06. The maximum Gasteiger partial charge on any atom is 0.264 e. The minimum Gasteiger partial charge on any atom is -0.339 e. The number of thiophene rings is 1. The number of rotatable bonds is 3. The first-order valence-corrected chi connectivity index (χ1v) is 9.27. The van der Waals surface area contributed by atoms with Crippen molar-refractivity contribution >= 4 is 23.2 Å². The molecule has 1 aromatic heterocycles. The number of hydrogen-bond donors (Lipinski definition) is 0. The van der Waals surface area contributed by atoms with Gasteiger partial charge in [-0.2, -0.15) is 0 Å². The fourth-order valence-electron chi connectivity index (χ4n) is 3.08. The molecule has 0 spiro atoms. The predicted octanol–water partition coefficient (Wildman–Crippen LogP) is 3.11. The lowest BCUT2D eigenvalue weighted by atomic mass is 10.2. The lowest BCUT2D eigenvalue weighted by Crippen LogP contribution is -2.50. The van der Waals surface area contributed by atoms with Crippen molar-refractivity contribution in [1.29, 1.82) is 0 Å². The number of benzene rings is 1. The van der Waals surface area contributed by atoms with Crippen LogP contribution in [0.2, 0.25) is 0 Å². The monoisotopic (exact) mass is 340 g/mol. The number of carbonyl (C=O) groups is 2. The summed E-state index contributed by atoms with van der Waals surface area (Å²) in [5.41, 5.74) is 1.14. The minimum absolute atomic E-state index is 0.0840. The van der Waals surface area contributed by atoms with Crippen LogP contribution in [0, 0.1) is 5.92 Å². The molecule has 2 amide bonds. The van der Waals surface area contributed by atoms with Crippen molar-refractivity contribution in [2.24, 2.45) is 5.92 Å². The number of piperazine rings is 1. The van der Waals surface area contributed by atoms with Crippen LogP contribution in [0.5, 0.6) is 0 Å². The molecule has 0 N–H and O–H groups in total. The van der Waals surface area contributed by atoms with E-state index in [9.17, 15) is 9.59 Å². The molecule has 2 fully saturated rings. The average molecular weight is 340 g/mol. The third-order valence-corrected chi connectivity index (χ3v) is 5.80. The van der Waals surface area contributed by atoms with E-state index in [2.05, 4.69) is 12.1 Å². The van der Waals surface area contributed by atoms with E-state index < -0.39 is 0 Å². The Balaban J connectivity index is 1.40. The molecular formula is C19H20N2O2S. The molecule has 1 aromatic carbocycles. The molecule has 5 heteroatoms. The molecule has 1 aliphatic heterocycles. The highest BCUT2D eigenvalue weighted by Crippen LogP contribution is 2.32. The molecule has 124 valence electrons. The molecule has 1 saturated heterocycles. The normalized spacial score (nSPS) is 17.8. The third-order valence-electron chi connectivity index (χ3n) is 4.68. The van der Waals surface area contributed by atoms with Crippen LogP contribution < -0.4 is 0 Å². The number of amides is 2. The van der Waals surface area contributed by atoms with Crippen molar-refractivity contribution in [3.8, 4) is 10.4 Å². The van der Waals surface area contributed by atoms with Crippen molar-refractivity contribution in [2.45, 2.75) is 12.8 Å². The molecule has 1 aliphatic carbocycles. The summed E-state index contributed by atoms with van der Waals surface area (Å²) in [5.74, 6) is 0.628. The largest absolute Gasteiger partial charge is 0.339 e. The molecule has 1 saturated carbocycles. The van der Waals surface area contributed by atoms with Crippen molar-refractivity contribution in [3.63, 3.8) is 0 Å². The summed E-state index contributed by atoms with van der Waals surface area (Å²) in [5, 5.41) is 0. The molecule has 4 nitrogen and oxygen atoms in total. The van der Waals surface area contributed by atoms with Gasteiger partial charge in [0.25, 0.3) is 5.91 Å². The van der Waals surface area contributed by atoms with Gasteiger partial charge in [0, 0.05) is 37.0 Å². The lowest BCUT2D eigenvalue weighted by molar-refractivity contribution is -0.134. The summed E-state index contributed by atoms with van der Waals surface area (Å²) in [4.78, 5) is 30.5. The second kappa shape index (κ2) is 6.40. The number of hydrogen-bond acceptors (Lipinski definition) is 3. The highest BCUT2D eigenvalue weighted by Gasteiger charge is 2.35. The molecule has 0 unspecified atom stereocenters. The molecule has 2 aromatic rings. The van der Waals surface area contributed by atoms with Gasteiger partial charge in [-0.1, -0.05) is 30.3 Å². The first-order chi connectivity index (χ1) is 11.7. The third kappa shape index (κ3) is 3.08. The summed E-state index contributed by atoms with van der Waals surface area (Å²) in [6, 6.07) is 14.0. The molecule has 24 heavy (non-hydrogen) atoms. The van der Waals surface area contributed by atoms with E-state index in [1.165, 1.54) is 11.3 Å². The molecule has 0 radical (unpaired) electrons. The molecule has 2 heterocycles. The van der Waals surface area contributed by atoms with Gasteiger partial charge in [-0.05, 0) is 30.5 Å². The van der Waals surface area contributed by atoms with E-state index in [0.29, 0.717) is 26.2 Å². The van der Waals surface area contributed by atoms with Gasteiger partial charge >= 0.3 is 0 Å². The van der Waals surface area contributed by atoms with E-state index in [0.717, 1.165) is 28.2 Å². The van der Waals surface area contributed by atoms with Crippen LogP contribution in [0.15, 0.2) is 42.5 Å². The average Bonchev–Trinajstić information content (AvgIpc) is 3.38. The Morgan fingerprint density at radius 1 is 0.875 bits per heavy atom. The van der Waals surface area contributed by atoms with Gasteiger partial charge in [-0.25, -0.2) is 0 Å². The standard InChI is InChI=1S/C19H20N2O2S/c22-18(15-6-7-15)20-10-12-21(13-11-20)19(23)17-9-8-16(24-17)14-4-2-1-3-5-14/h1-5,8-9,15H,6-7,10-13H2. The summed E-state index contributed by atoms with van der Waals surface area (Å²) >= 11 is 1.54. The van der Waals surface area contributed by atoms with E-state index >= 15 is 0 Å². The second-order valence-corrected chi connectivity index (χ2v) is 7.51. The van der Waals surface area contributed by atoms with E-state index in [-0.39, 0.29) is 17.7 Å². The quantitative estimate of drug-likeness (QED) is 0.861. The van der Waals surface area contributed by atoms with Crippen molar-refractivity contribution in [1.82, 2.24) is 9.80 Å². The van der Waals surface area contributed by atoms with Crippen molar-refractivity contribution < 1.29 is 9.59 Å². The zero-order valence-electron chi connectivity index (χ0n) is 13.5. The second-order valence-electron chi connectivity index (χ2n) is 6.42. The molecule has 2 aliphatic rings. The van der Waals surface area contributed by atoms with Crippen LogP contribution >= 0.6 is 11.3 Å². The number of carbonyl (C=O) groups excluding carboxylic acids is 2. The Morgan fingerprint density at radius 3 is 2.21 bits per heavy atom. The summed E-state index contributed by atoms with van der Waals surface area (Å²) in [6.07, 6.45) is 2.07. The van der Waals surface area contributed by atoms with Crippen molar-refractivity contribution in [2.75, 3.05) is 26.2 Å². The van der Waals surface area contributed by atoms with Crippen molar-refractivity contribution in [3.05, 3.63) is 47.3 Å². The summed E-state index contributed by atoms with van der Waals surface area (Å²) in [6.45, 7) is 2.60. The zero-order chi connectivity index (χ0) is 16.5. The Bertz CT molecular complexity index is 744. The van der Waals surface area contributed by atoms with E-state index in [1.54, 1.807) is 0 Å². The maximum absolute atomic E-state index is 12.7. The van der Waals surface area contributed by atoms with E-state index in [4.69, 9.17) is 0 Å². The van der Waals surface area contributed by atoms with Gasteiger partial charge in [-0.15, -0.1) is 11.3 Å². The first-order valence-electron chi connectivity index (χ1n) is 8.46. The first kappa shape index (κ1) is 15.4. The fraction of sp³-hybridized carbons (Fsp3) is 0.368. The van der Waals surface area contributed by atoms with E-state index in [1.807, 2.05) is 40.1 Å². The maximum atomic E-state index is 12.7. The molecular weight excluding hydrogens is 320 g/mol. The van der Waals surface area contributed by atoms with Crippen LogP contribution in [-0.2, 0) is 4.79 Å². The SMILES string of the molecule is O=C(c1ccc(-c2ccccc2)s1)N1CCN(C(=O)C2CC2)CC1. The van der Waals surface area contributed by atoms with Gasteiger partial charge in [0.05, 0.1) is 4.88 Å². The minimum atomic E-state index is 0.0840. The number of nitrogens with zero attached hydrogens (tertiary/aromatic N) is 2. The highest BCUT2D eigenvalue weighted by atomic mass is 32.1. The Morgan fingerprint density at radius 2 is 1.54 bits per heavy atom. The Kier molecular flexibility index (Phi) is 4.10. The smallest absolute Gasteiger partial charge is 0.264 e. The van der Waals surface area contributed by atoms with Gasteiger partial charge in [0.15, 0.2) is 0 Å². The van der Waals surface area contributed by atoms with Crippen LogP contribution in [0.4, 0.5) is 0 Å². The van der Waals surface area contributed by atoms with Crippen LogP contribution in [0.1, 0.15) is 22.5 Å². The lowest BCUT2D eigenvalue weighted by Gasteiger charge is -2.34. The van der Waals surface area contributed by atoms with Gasteiger partial charge < -0.3 is 9.80 Å². The van der Waals surface area contributed by atoms with Crippen LogP contribution in [0.25, 0.3) is 10.4 Å². The van der Waals surface area contributed by atoms with Crippen LogP contribution in [-0.4, -0.2) is 47.8 Å². The topological polar surface area (TPSA) is 40.6 Å². The zero-order valence-corrected chi connectivity index (χ0v) is 14.3.